The summed E-state index contributed by atoms with van der Waals surface area (Å²) in [5.74, 6) is -0.506. The predicted molar refractivity (Wildman–Crippen MR) is 145 cm³/mol. The normalized spacial score (nSPS) is 11.5. The third-order valence-electron chi connectivity index (χ3n) is 5.99. The van der Waals surface area contributed by atoms with Gasteiger partial charge in [0.25, 0.3) is 0 Å². The number of carbonyl (C=O) groups is 2. The Bertz CT molecular complexity index is 1370. The number of esters is 1. The van der Waals surface area contributed by atoms with Crippen molar-refractivity contribution >= 4 is 23.1 Å². The molecule has 0 aliphatic heterocycles. The standard InChI is InChI=1S/C31H30N2O3/c1-3-36-31(35)29(20-22-16-17-25(27(32)19-22)24-13-9-10-21(2)18-24)33-28-15-8-7-14-26(28)30(34)23-11-5-4-6-12-23/h4-19,29,33H,3,20,32H2,1-2H3/t29-/m0/s1. The van der Waals surface area contributed by atoms with Crippen molar-refractivity contribution in [2.24, 2.45) is 0 Å². The first kappa shape index (κ1) is 24.7. The lowest BCUT2D eigenvalue weighted by molar-refractivity contribution is -0.144. The average molecular weight is 479 g/mol. The van der Waals surface area contributed by atoms with Crippen LogP contribution in [0.1, 0.15) is 34.0 Å². The fraction of sp³-hybridized carbons (Fsp3) is 0.161. The number of rotatable bonds is 9. The number of aryl methyl sites for hydroxylation is 1. The largest absolute Gasteiger partial charge is 0.464 e. The van der Waals surface area contributed by atoms with Crippen LogP contribution in [0.15, 0.2) is 97.1 Å². The lowest BCUT2D eigenvalue weighted by Crippen LogP contribution is -2.34. The van der Waals surface area contributed by atoms with Gasteiger partial charge in [0.1, 0.15) is 6.04 Å². The van der Waals surface area contributed by atoms with E-state index in [1.54, 1.807) is 31.2 Å². The van der Waals surface area contributed by atoms with E-state index in [0.29, 0.717) is 28.9 Å². The first-order chi connectivity index (χ1) is 17.5. The van der Waals surface area contributed by atoms with Crippen molar-refractivity contribution in [2.45, 2.75) is 26.3 Å². The molecule has 0 aliphatic rings. The lowest BCUT2D eigenvalue weighted by atomic mass is 9.97. The summed E-state index contributed by atoms with van der Waals surface area (Å²) in [6.07, 6.45) is 0.352. The van der Waals surface area contributed by atoms with Gasteiger partial charge in [-0.25, -0.2) is 4.79 Å². The number of carbonyl (C=O) groups excluding carboxylic acids is 2. The molecular weight excluding hydrogens is 448 g/mol. The van der Waals surface area contributed by atoms with Gasteiger partial charge in [0.05, 0.1) is 6.61 Å². The van der Waals surface area contributed by atoms with Gasteiger partial charge in [-0.1, -0.05) is 84.4 Å². The summed E-state index contributed by atoms with van der Waals surface area (Å²) in [5.41, 5.74) is 12.7. The number of hydrogen-bond acceptors (Lipinski definition) is 5. The Morgan fingerprint density at radius 2 is 1.64 bits per heavy atom. The monoisotopic (exact) mass is 478 g/mol. The van der Waals surface area contributed by atoms with Gasteiger partial charge in [-0.3, -0.25) is 4.79 Å². The summed E-state index contributed by atoms with van der Waals surface area (Å²) in [6, 6.07) is 29.6. The number of ether oxygens (including phenoxy) is 1. The molecule has 0 aromatic heterocycles. The van der Waals surface area contributed by atoms with Gasteiger partial charge in [-0.05, 0) is 43.2 Å². The smallest absolute Gasteiger partial charge is 0.328 e. The minimum absolute atomic E-state index is 0.118. The molecular formula is C31H30N2O3. The third kappa shape index (κ3) is 5.81. The molecule has 0 saturated heterocycles. The number of benzene rings is 4. The zero-order chi connectivity index (χ0) is 25.5. The van der Waals surface area contributed by atoms with Gasteiger partial charge in [-0.15, -0.1) is 0 Å². The second-order valence-electron chi connectivity index (χ2n) is 8.68. The van der Waals surface area contributed by atoms with Crippen molar-refractivity contribution in [3.63, 3.8) is 0 Å². The first-order valence-corrected chi connectivity index (χ1v) is 12.0. The van der Waals surface area contributed by atoms with Crippen LogP contribution in [0, 0.1) is 6.92 Å². The van der Waals surface area contributed by atoms with Gasteiger partial charge in [0, 0.05) is 34.5 Å². The van der Waals surface area contributed by atoms with E-state index in [4.69, 9.17) is 10.5 Å². The fourth-order valence-electron chi connectivity index (χ4n) is 4.23. The van der Waals surface area contributed by atoms with E-state index in [2.05, 4.69) is 11.4 Å². The Hall–Kier alpha value is -4.38. The first-order valence-electron chi connectivity index (χ1n) is 12.0. The van der Waals surface area contributed by atoms with Gasteiger partial charge in [0.15, 0.2) is 5.78 Å². The van der Waals surface area contributed by atoms with Crippen LogP contribution in [0.25, 0.3) is 11.1 Å². The molecule has 5 heteroatoms. The highest BCUT2D eigenvalue weighted by Gasteiger charge is 2.23. The summed E-state index contributed by atoms with van der Waals surface area (Å²) < 4.78 is 5.35. The summed E-state index contributed by atoms with van der Waals surface area (Å²) in [5, 5.41) is 3.27. The predicted octanol–water partition coefficient (Wildman–Crippen LogP) is 6.06. The number of ketones is 1. The number of nitrogens with two attached hydrogens (primary N) is 1. The van der Waals surface area contributed by atoms with Crippen LogP contribution in [0.4, 0.5) is 11.4 Å². The van der Waals surface area contributed by atoms with Crippen LogP contribution in [0.2, 0.25) is 0 Å². The van der Waals surface area contributed by atoms with Gasteiger partial charge < -0.3 is 15.8 Å². The van der Waals surface area contributed by atoms with Crippen molar-refractivity contribution in [2.75, 3.05) is 17.7 Å². The molecule has 4 rings (SSSR count). The van der Waals surface area contributed by atoms with Crippen LogP contribution < -0.4 is 11.1 Å². The summed E-state index contributed by atoms with van der Waals surface area (Å²) in [6.45, 7) is 4.08. The molecule has 3 N–H and O–H groups in total. The van der Waals surface area contributed by atoms with E-state index in [1.807, 2.05) is 73.7 Å². The minimum atomic E-state index is -0.695. The number of anilines is 2. The Kier molecular flexibility index (Phi) is 7.81. The Morgan fingerprint density at radius 1 is 0.889 bits per heavy atom. The quantitative estimate of drug-likeness (QED) is 0.174. The second kappa shape index (κ2) is 11.4. The lowest BCUT2D eigenvalue weighted by Gasteiger charge is -2.21. The fourth-order valence-corrected chi connectivity index (χ4v) is 4.23. The van der Waals surface area contributed by atoms with Crippen LogP contribution >= 0.6 is 0 Å². The van der Waals surface area contributed by atoms with E-state index in [1.165, 1.54) is 0 Å². The maximum atomic E-state index is 13.2. The molecule has 5 nitrogen and oxygen atoms in total. The number of nitrogen functional groups attached to an aromatic ring is 1. The number of nitrogens with one attached hydrogen (secondary N) is 1. The van der Waals surface area contributed by atoms with Crippen molar-refractivity contribution < 1.29 is 14.3 Å². The topological polar surface area (TPSA) is 81.4 Å². The average Bonchev–Trinajstić information content (AvgIpc) is 2.89. The van der Waals surface area contributed by atoms with E-state index in [-0.39, 0.29) is 18.4 Å². The van der Waals surface area contributed by atoms with Crippen molar-refractivity contribution in [3.05, 3.63) is 119 Å². The molecule has 4 aromatic carbocycles. The molecule has 0 fully saturated rings. The molecule has 0 unspecified atom stereocenters. The summed E-state index contributed by atoms with van der Waals surface area (Å²) >= 11 is 0. The Balaban J connectivity index is 1.61. The van der Waals surface area contributed by atoms with E-state index >= 15 is 0 Å². The van der Waals surface area contributed by atoms with Crippen molar-refractivity contribution in [1.82, 2.24) is 0 Å². The van der Waals surface area contributed by atoms with Crippen LogP contribution in [0.5, 0.6) is 0 Å². The highest BCUT2D eigenvalue weighted by molar-refractivity contribution is 6.12. The Labute approximate surface area is 211 Å². The molecule has 0 bridgehead atoms. The van der Waals surface area contributed by atoms with Gasteiger partial charge in [0.2, 0.25) is 0 Å². The molecule has 182 valence electrons. The molecule has 0 amide bonds. The maximum absolute atomic E-state index is 13.2. The highest BCUT2D eigenvalue weighted by Crippen LogP contribution is 2.28. The van der Waals surface area contributed by atoms with Crippen molar-refractivity contribution in [3.8, 4) is 11.1 Å². The molecule has 0 radical (unpaired) electrons. The van der Waals surface area contributed by atoms with E-state index in [9.17, 15) is 9.59 Å². The van der Waals surface area contributed by atoms with Crippen LogP contribution in [-0.2, 0) is 16.0 Å². The molecule has 4 aromatic rings. The molecule has 0 spiro atoms. The van der Waals surface area contributed by atoms with Gasteiger partial charge in [-0.2, -0.15) is 0 Å². The molecule has 0 aliphatic carbocycles. The second-order valence-corrected chi connectivity index (χ2v) is 8.68. The van der Waals surface area contributed by atoms with E-state index in [0.717, 1.165) is 22.3 Å². The molecule has 0 saturated carbocycles. The van der Waals surface area contributed by atoms with Crippen molar-refractivity contribution in [1.29, 1.82) is 0 Å². The Morgan fingerprint density at radius 3 is 2.36 bits per heavy atom. The maximum Gasteiger partial charge on any atom is 0.328 e. The third-order valence-corrected chi connectivity index (χ3v) is 5.99. The van der Waals surface area contributed by atoms with E-state index < -0.39 is 6.04 Å². The zero-order valence-corrected chi connectivity index (χ0v) is 20.5. The zero-order valence-electron chi connectivity index (χ0n) is 20.5. The summed E-state index contributed by atoms with van der Waals surface area (Å²) in [7, 11) is 0. The van der Waals surface area contributed by atoms with Crippen LogP contribution in [0.3, 0.4) is 0 Å². The molecule has 36 heavy (non-hydrogen) atoms. The minimum Gasteiger partial charge on any atom is -0.464 e. The number of hydrogen-bond donors (Lipinski definition) is 2. The molecule has 1 atom stereocenters. The summed E-state index contributed by atoms with van der Waals surface area (Å²) in [4.78, 5) is 26.1. The SMILES string of the molecule is CCOC(=O)[C@H](Cc1ccc(-c2cccc(C)c2)c(N)c1)Nc1ccccc1C(=O)c1ccccc1. The van der Waals surface area contributed by atoms with Gasteiger partial charge >= 0.3 is 5.97 Å². The van der Waals surface area contributed by atoms with Crippen LogP contribution in [-0.4, -0.2) is 24.4 Å². The molecule has 0 heterocycles. The number of para-hydroxylation sites is 1. The highest BCUT2D eigenvalue weighted by atomic mass is 16.5.